The third kappa shape index (κ3) is 2.90. The molecule has 0 aliphatic carbocycles. The van der Waals surface area contributed by atoms with Crippen molar-refractivity contribution in [3.05, 3.63) is 0 Å². The second-order valence-corrected chi connectivity index (χ2v) is 5.42. The van der Waals surface area contributed by atoms with Crippen LogP contribution in [0.3, 0.4) is 0 Å². The van der Waals surface area contributed by atoms with E-state index < -0.39 is 22.7 Å². The summed E-state index contributed by atoms with van der Waals surface area (Å²) in [5.74, 6) is -1.12. The van der Waals surface area contributed by atoms with Crippen molar-refractivity contribution in [1.82, 2.24) is 8.61 Å². The maximum absolute atomic E-state index is 11.8. The monoisotopic (exact) mass is 236 g/mol. The van der Waals surface area contributed by atoms with E-state index in [9.17, 15) is 13.2 Å². The Morgan fingerprint density at radius 1 is 1.47 bits per heavy atom. The number of nitrogens with zero attached hydrogens (tertiary/aromatic N) is 2. The van der Waals surface area contributed by atoms with Crippen LogP contribution in [0.15, 0.2) is 0 Å². The molecule has 0 spiro atoms. The standard InChI is InChI=1S/C8H16N2O4S/c1-2-4-10(7-8(11)12)15(13,14)9-5-3-6-9/h2-7H2,1H3,(H,11,12). The SMILES string of the molecule is CCCN(CC(=O)O)S(=O)(=O)N1CCC1. The number of hydrogen-bond donors (Lipinski definition) is 1. The summed E-state index contributed by atoms with van der Waals surface area (Å²) in [7, 11) is -3.54. The first-order chi connectivity index (χ1) is 6.98. The molecule has 0 aromatic carbocycles. The third-order valence-electron chi connectivity index (χ3n) is 2.25. The number of rotatable bonds is 6. The maximum atomic E-state index is 11.8. The van der Waals surface area contributed by atoms with Gasteiger partial charge in [0.1, 0.15) is 6.54 Å². The minimum atomic E-state index is -3.54. The Morgan fingerprint density at radius 2 is 2.07 bits per heavy atom. The summed E-state index contributed by atoms with van der Waals surface area (Å²) in [5.41, 5.74) is 0. The lowest BCUT2D eigenvalue weighted by Gasteiger charge is -2.34. The Hall–Kier alpha value is -0.660. The lowest BCUT2D eigenvalue weighted by molar-refractivity contribution is -0.137. The zero-order valence-corrected chi connectivity index (χ0v) is 9.53. The van der Waals surface area contributed by atoms with Crippen LogP contribution >= 0.6 is 0 Å². The first-order valence-electron chi connectivity index (χ1n) is 4.95. The molecular weight excluding hydrogens is 220 g/mol. The molecule has 0 unspecified atom stereocenters. The molecular formula is C8H16N2O4S. The van der Waals surface area contributed by atoms with E-state index in [4.69, 9.17) is 5.11 Å². The molecule has 1 heterocycles. The molecule has 0 radical (unpaired) electrons. The highest BCUT2D eigenvalue weighted by Crippen LogP contribution is 2.16. The highest BCUT2D eigenvalue weighted by molar-refractivity contribution is 7.86. The van der Waals surface area contributed by atoms with Crippen LogP contribution in [0.4, 0.5) is 0 Å². The minimum Gasteiger partial charge on any atom is -0.480 e. The summed E-state index contributed by atoms with van der Waals surface area (Å²) in [6.07, 6.45) is 1.46. The predicted molar refractivity (Wildman–Crippen MR) is 54.6 cm³/mol. The van der Waals surface area contributed by atoms with Crippen LogP contribution in [-0.2, 0) is 15.0 Å². The van der Waals surface area contributed by atoms with Crippen LogP contribution in [0.1, 0.15) is 19.8 Å². The molecule has 7 heteroatoms. The zero-order valence-electron chi connectivity index (χ0n) is 8.72. The summed E-state index contributed by atoms with van der Waals surface area (Å²) in [6.45, 7) is 2.63. The molecule has 1 aliphatic rings. The molecule has 1 aliphatic heterocycles. The van der Waals surface area contributed by atoms with Crippen LogP contribution in [-0.4, -0.2) is 54.3 Å². The van der Waals surface area contributed by atoms with Crippen LogP contribution in [0.25, 0.3) is 0 Å². The summed E-state index contributed by atoms with van der Waals surface area (Å²) in [5, 5.41) is 8.62. The average molecular weight is 236 g/mol. The molecule has 1 N–H and O–H groups in total. The van der Waals surface area contributed by atoms with E-state index in [1.54, 1.807) is 0 Å². The highest BCUT2D eigenvalue weighted by Gasteiger charge is 2.33. The molecule has 88 valence electrons. The lowest BCUT2D eigenvalue weighted by atomic mass is 10.3. The number of hydrogen-bond acceptors (Lipinski definition) is 3. The molecule has 0 aromatic rings. The second-order valence-electron chi connectivity index (χ2n) is 3.49. The summed E-state index contributed by atoms with van der Waals surface area (Å²) < 4.78 is 26.0. The largest absolute Gasteiger partial charge is 0.480 e. The van der Waals surface area contributed by atoms with Crippen LogP contribution < -0.4 is 0 Å². The van der Waals surface area contributed by atoms with E-state index in [1.165, 1.54) is 4.31 Å². The van der Waals surface area contributed by atoms with Gasteiger partial charge in [0, 0.05) is 19.6 Å². The first-order valence-corrected chi connectivity index (χ1v) is 6.35. The van der Waals surface area contributed by atoms with Gasteiger partial charge in [-0.3, -0.25) is 4.79 Å². The van der Waals surface area contributed by atoms with E-state index in [-0.39, 0.29) is 6.54 Å². The fraction of sp³-hybridized carbons (Fsp3) is 0.875. The van der Waals surface area contributed by atoms with Gasteiger partial charge in [-0.15, -0.1) is 0 Å². The van der Waals surface area contributed by atoms with E-state index in [2.05, 4.69) is 0 Å². The smallest absolute Gasteiger partial charge is 0.318 e. The molecule has 0 aromatic heterocycles. The first kappa shape index (κ1) is 12.4. The van der Waals surface area contributed by atoms with Gasteiger partial charge in [-0.2, -0.15) is 17.0 Å². The highest BCUT2D eigenvalue weighted by atomic mass is 32.2. The molecule has 1 saturated heterocycles. The van der Waals surface area contributed by atoms with Crippen LogP contribution in [0, 0.1) is 0 Å². The maximum Gasteiger partial charge on any atom is 0.318 e. The topological polar surface area (TPSA) is 77.9 Å². The van der Waals surface area contributed by atoms with Gasteiger partial charge < -0.3 is 5.11 Å². The van der Waals surface area contributed by atoms with Crippen molar-refractivity contribution in [3.63, 3.8) is 0 Å². The average Bonchev–Trinajstić information content (AvgIpc) is 1.98. The lowest BCUT2D eigenvalue weighted by Crippen LogP contribution is -2.51. The molecule has 15 heavy (non-hydrogen) atoms. The van der Waals surface area contributed by atoms with E-state index in [1.807, 2.05) is 6.92 Å². The molecule has 1 rings (SSSR count). The fourth-order valence-electron chi connectivity index (χ4n) is 1.36. The number of aliphatic carboxylic acids is 1. The van der Waals surface area contributed by atoms with Crippen molar-refractivity contribution in [2.75, 3.05) is 26.2 Å². The molecule has 0 atom stereocenters. The number of carboxylic acids is 1. The van der Waals surface area contributed by atoms with E-state index in [0.717, 1.165) is 10.7 Å². The van der Waals surface area contributed by atoms with Crippen LogP contribution in [0.5, 0.6) is 0 Å². The Kier molecular flexibility index (Phi) is 4.06. The normalized spacial score (nSPS) is 17.7. The molecule has 0 bridgehead atoms. The predicted octanol–water partition coefficient (Wildman–Crippen LogP) is -0.266. The Bertz CT molecular complexity index is 324. The number of carbonyl (C=O) groups is 1. The summed E-state index contributed by atoms with van der Waals surface area (Å²) in [6, 6.07) is 0. The van der Waals surface area contributed by atoms with Crippen molar-refractivity contribution >= 4 is 16.2 Å². The third-order valence-corrected chi connectivity index (χ3v) is 4.23. The molecule has 0 amide bonds. The van der Waals surface area contributed by atoms with Gasteiger partial charge >= 0.3 is 5.97 Å². The molecule has 6 nitrogen and oxygen atoms in total. The Balaban J connectivity index is 2.72. The van der Waals surface area contributed by atoms with Gasteiger partial charge in [-0.25, -0.2) is 0 Å². The van der Waals surface area contributed by atoms with Gasteiger partial charge in [0.15, 0.2) is 0 Å². The second kappa shape index (κ2) is 4.91. The summed E-state index contributed by atoms with van der Waals surface area (Å²) in [4.78, 5) is 10.5. The van der Waals surface area contributed by atoms with Gasteiger partial charge in [0.25, 0.3) is 10.2 Å². The fourth-order valence-corrected chi connectivity index (χ4v) is 3.09. The Morgan fingerprint density at radius 3 is 2.40 bits per heavy atom. The zero-order chi connectivity index (χ0) is 11.5. The Labute approximate surface area is 89.7 Å². The number of carboxylic acid groups (broad SMARTS) is 1. The van der Waals surface area contributed by atoms with Crippen molar-refractivity contribution in [3.8, 4) is 0 Å². The van der Waals surface area contributed by atoms with Gasteiger partial charge in [0.2, 0.25) is 0 Å². The van der Waals surface area contributed by atoms with E-state index >= 15 is 0 Å². The minimum absolute atomic E-state index is 0.255. The molecule has 1 fully saturated rings. The van der Waals surface area contributed by atoms with Crippen molar-refractivity contribution in [2.45, 2.75) is 19.8 Å². The van der Waals surface area contributed by atoms with E-state index in [0.29, 0.717) is 19.5 Å². The summed E-state index contributed by atoms with van der Waals surface area (Å²) >= 11 is 0. The van der Waals surface area contributed by atoms with Gasteiger partial charge in [0.05, 0.1) is 0 Å². The van der Waals surface area contributed by atoms with Crippen molar-refractivity contribution in [2.24, 2.45) is 0 Å². The quantitative estimate of drug-likeness (QED) is 0.689. The van der Waals surface area contributed by atoms with Crippen molar-refractivity contribution in [1.29, 1.82) is 0 Å². The van der Waals surface area contributed by atoms with Crippen molar-refractivity contribution < 1.29 is 18.3 Å². The van der Waals surface area contributed by atoms with Crippen LogP contribution in [0.2, 0.25) is 0 Å². The molecule has 0 saturated carbocycles. The van der Waals surface area contributed by atoms with Gasteiger partial charge in [-0.1, -0.05) is 6.92 Å². The van der Waals surface area contributed by atoms with Gasteiger partial charge in [-0.05, 0) is 12.8 Å².